The summed E-state index contributed by atoms with van der Waals surface area (Å²) in [6, 6.07) is 17.2. The van der Waals surface area contributed by atoms with Crippen LogP contribution in [0, 0.1) is 0 Å². The maximum Gasteiger partial charge on any atom is 0.118 e. The van der Waals surface area contributed by atoms with E-state index in [0.717, 1.165) is 10.2 Å². The van der Waals surface area contributed by atoms with Crippen LogP contribution in [0.5, 0.6) is 5.75 Å². The van der Waals surface area contributed by atoms with Crippen LogP contribution in [0.25, 0.3) is 0 Å². The third-order valence-electron chi connectivity index (χ3n) is 3.46. The fourth-order valence-corrected chi connectivity index (χ4v) is 2.65. The van der Waals surface area contributed by atoms with Crippen LogP contribution in [-0.4, -0.2) is 7.11 Å². The summed E-state index contributed by atoms with van der Waals surface area (Å²) in [6.45, 7) is 4.36. The summed E-state index contributed by atoms with van der Waals surface area (Å²) >= 11 is 3.52. The van der Waals surface area contributed by atoms with E-state index in [9.17, 15) is 0 Å². The SMILES string of the molecule is COc1ccc([C@H](C)NC(C)c2cccc(Br)c2)cc1. The molecule has 2 rings (SSSR count). The van der Waals surface area contributed by atoms with Crippen LogP contribution in [-0.2, 0) is 0 Å². The van der Waals surface area contributed by atoms with E-state index in [4.69, 9.17) is 4.74 Å². The van der Waals surface area contributed by atoms with E-state index in [2.05, 4.69) is 65.4 Å². The van der Waals surface area contributed by atoms with Crippen LogP contribution in [0.3, 0.4) is 0 Å². The van der Waals surface area contributed by atoms with E-state index in [1.54, 1.807) is 7.11 Å². The predicted octanol–water partition coefficient (Wildman–Crippen LogP) is 4.87. The van der Waals surface area contributed by atoms with Gasteiger partial charge in [-0.3, -0.25) is 0 Å². The molecular weight excluding hydrogens is 314 g/mol. The highest BCUT2D eigenvalue weighted by Crippen LogP contribution is 2.23. The molecule has 0 heterocycles. The summed E-state index contributed by atoms with van der Waals surface area (Å²) in [4.78, 5) is 0. The molecule has 1 N–H and O–H groups in total. The first kappa shape index (κ1) is 15.1. The van der Waals surface area contributed by atoms with Gasteiger partial charge in [0.25, 0.3) is 0 Å². The van der Waals surface area contributed by atoms with Crippen molar-refractivity contribution in [3.63, 3.8) is 0 Å². The quantitative estimate of drug-likeness (QED) is 0.842. The van der Waals surface area contributed by atoms with E-state index in [1.807, 2.05) is 18.2 Å². The summed E-state index contributed by atoms with van der Waals surface area (Å²) in [6.07, 6.45) is 0. The minimum atomic E-state index is 0.287. The first-order valence-electron chi connectivity index (χ1n) is 6.75. The molecule has 0 aromatic heterocycles. The Labute approximate surface area is 129 Å². The number of hydrogen-bond donors (Lipinski definition) is 1. The van der Waals surface area contributed by atoms with Gasteiger partial charge in [-0.15, -0.1) is 0 Å². The Morgan fingerprint density at radius 3 is 2.20 bits per heavy atom. The third-order valence-corrected chi connectivity index (χ3v) is 3.96. The molecule has 3 heteroatoms. The predicted molar refractivity (Wildman–Crippen MR) is 87.1 cm³/mol. The molecule has 0 bridgehead atoms. The second kappa shape index (κ2) is 6.91. The van der Waals surface area contributed by atoms with Gasteiger partial charge in [-0.2, -0.15) is 0 Å². The molecule has 2 aromatic carbocycles. The highest BCUT2D eigenvalue weighted by Gasteiger charge is 2.11. The molecule has 106 valence electrons. The first-order chi connectivity index (χ1) is 9.60. The molecule has 20 heavy (non-hydrogen) atoms. The summed E-state index contributed by atoms with van der Waals surface area (Å²) in [7, 11) is 1.69. The maximum atomic E-state index is 5.19. The van der Waals surface area contributed by atoms with Gasteiger partial charge in [0, 0.05) is 16.6 Å². The maximum absolute atomic E-state index is 5.19. The van der Waals surface area contributed by atoms with Crippen molar-refractivity contribution in [3.05, 3.63) is 64.1 Å². The highest BCUT2D eigenvalue weighted by atomic mass is 79.9. The Hall–Kier alpha value is -1.32. The zero-order chi connectivity index (χ0) is 14.5. The zero-order valence-electron chi connectivity index (χ0n) is 12.1. The van der Waals surface area contributed by atoms with Gasteiger partial charge in [0.05, 0.1) is 7.11 Å². The fourth-order valence-electron chi connectivity index (χ4n) is 2.24. The van der Waals surface area contributed by atoms with E-state index in [0.29, 0.717) is 6.04 Å². The van der Waals surface area contributed by atoms with Gasteiger partial charge >= 0.3 is 0 Å². The average molecular weight is 334 g/mol. The summed E-state index contributed by atoms with van der Waals surface area (Å²) in [5.74, 6) is 0.890. The minimum Gasteiger partial charge on any atom is -0.497 e. The number of halogens is 1. The topological polar surface area (TPSA) is 21.3 Å². The van der Waals surface area contributed by atoms with Crippen molar-refractivity contribution in [3.8, 4) is 5.75 Å². The molecular formula is C17H20BrNO. The summed E-state index contributed by atoms with van der Waals surface area (Å²) < 4.78 is 6.30. The van der Waals surface area contributed by atoms with Crippen molar-refractivity contribution >= 4 is 15.9 Å². The summed E-state index contributed by atoms with van der Waals surface area (Å²) in [5.41, 5.74) is 2.53. The lowest BCUT2D eigenvalue weighted by atomic mass is 10.0. The van der Waals surface area contributed by atoms with Crippen LogP contribution in [0.2, 0.25) is 0 Å². The molecule has 0 aliphatic rings. The monoisotopic (exact) mass is 333 g/mol. The Bertz CT molecular complexity index is 553. The number of nitrogens with one attached hydrogen (secondary N) is 1. The molecule has 0 saturated heterocycles. The second-order valence-electron chi connectivity index (χ2n) is 4.94. The van der Waals surface area contributed by atoms with Crippen molar-refractivity contribution in [1.82, 2.24) is 5.32 Å². The van der Waals surface area contributed by atoms with E-state index >= 15 is 0 Å². The van der Waals surface area contributed by atoms with Gasteiger partial charge in [0.2, 0.25) is 0 Å². The Morgan fingerprint density at radius 1 is 0.950 bits per heavy atom. The van der Waals surface area contributed by atoms with Crippen LogP contribution in [0.4, 0.5) is 0 Å². The molecule has 2 aromatic rings. The van der Waals surface area contributed by atoms with E-state index < -0.39 is 0 Å². The molecule has 0 fully saturated rings. The molecule has 0 aliphatic carbocycles. The summed E-state index contributed by atoms with van der Waals surface area (Å²) in [5, 5.41) is 3.62. The minimum absolute atomic E-state index is 0.287. The lowest BCUT2D eigenvalue weighted by Crippen LogP contribution is -2.22. The molecule has 2 nitrogen and oxygen atoms in total. The van der Waals surface area contributed by atoms with E-state index in [1.165, 1.54) is 11.1 Å². The molecule has 0 aliphatic heterocycles. The van der Waals surface area contributed by atoms with Crippen LogP contribution < -0.4 is 10.1 Å². The van der Waals surface area contributed by atoms with Crippen molar-refractivity contribution < 1.29 is 4.74 Å². The van der Waals surface area contributed by atoms with Gasteiger partial charge in [-0.1, -0.05) is 40.2 Å². The Balaban J connectivity index is 2.04. The third kappa shape index (κ3) is 3.84. The Morgan fingerprint density at radius 2 is 1.60 bits per heavy atom. The van der Waals surface area contributed by atoms with Gasteiger partial charge in [0.15, 0.2) is 0 Å². The number of rotatable bonds is 5. The van der Waals surface area contributed by atoms with Gasteiger partial charge in [-0.25, -0.2) is 0 Å². The van der Waals surface area contributed by atoms with E-state index in [-0.39, 0.29) is 6.04 Å². The first-order valence-corrected chi connectivity index (χ1v) is 7.55. The van der Waals surface area contributed by atoms with Crippen LogP contribution in [0.1, 0.15) is 37.1 Å². The standard InChI is InChI=1S/C17H20BrNO/c1-12(14-7-9-17(20-3)10-8-14)19-13(2)15-5-4-6-16(18)11-15/h4-13,19H,1-3H3/t12-,13?/m0/s1. The molecule has 2 atom stereocenters. The number of hydrogen-bond acceptors (Lipinski definition) is 2. The highest BCUT2D eigenvalue weighted by molar-refractivity contribution is 9.10. The number of methoxy groups -OCH3 is 1. The van der Waals surface area contributed by atoms with Gasteiger partial charge in [0.1, 0.15) is 5.75 Å². The number of benzene rings is 2. The van der Waals surface area contributed by atoms with Crippen LogP contribution in [0.15, 0.2) is 53.0 Å². The lowest BCUT2D eigenvalue weighted by molar-refractivity contribution is 0.414. The van der Waals surface area contributed by atoms with Gasteiger partial charge in [-0.05, 0) is 49.2 Å². The average Bonchev–Trinajstić information content (AvgIpc) is 2.47. The largest absolute Gasteiger partial charge is 0.497 e. The smallest absolute Gasteiger partial charge is 0.118 e. The number of ether oxygens (including phenoxy) is 1. The van der Waals surface area contributed by atoms with Crippen molar-refractivity contribution in [2.75, 3.05) is 7.11 Å². The van der Waals surface area contributed by atoms with Crippen molar-refractivity contribution in [2.45, 2.75) is 25.9 Å². The molecule has 0 saturated carbocycles. The molecule has 0 spiro atoms. The van der Waals surface area contributed by atoms with Crippen molar-refractivity contribution in [1.29, 1.82) is 0 Å². The van der Waals surface area contributed by atoms with Gasteiger partial charge < -0.3 is 10.1 Å². The van der Waals surface area contributed by atoms with Crippen LogP contribution >= 0.6 is 15.9 Å². The second-order valence-corrected chi connectivity index (χ2v) is 5.85. The lowest BCUT2D eigenvalue weighted by Gasteiger charge is -2.21. The Kier molecular flexibility index (Phi) is 5.21. The van der Waals surface area contributed by atoms with Crippen molar-refractivity contribution in [2.24, 2.45) is 0 Å². The molecule has 1 unspecified atom stereocenters. The molecule has 0 radical (unpaired) electrons. The molecule has 0 amide bonds. The zero-order valence-corrected chi connectivity index (χ0v) is 13.6. The normalized spacial score (nSPS) is 13.8. The fraction of sp³-hybridized carbons (Fsp3) is 0.294.